The van der Waals surface area contributed by atoms with Crippen LogP contribution in [0.3, 0.4) is 0 Å². The lowest BCUT2D eigenvalue weighted by molar-refractivity contribution is -0.153. The van der Waals surface area contributed by atoms with Gasteiger partial charge in [-0.15, -0.1) is 0 Å². The minimum absolute atomic E-state index is 0.0252. The summed E-state index contributed by atoms with van der Waals surface area (Å²) in [4.78, 5) is 12.2. The van der Waals surface area contributed by atoms with E-state index < -0.39 is 12.8 Å². The number of hydrogen-bond acceptors (Lipinski definition) is 3. The first-order valence-electron chi connectivity index (χ1n) is 7.25. The average Bonchev–Trinajstić information content (AvgIpc) is 2.72. The van der Waals surface area contributed by atoms with Gasteiger partial charge in [0.05, 0.1) is 17.8 Å². The zero-order chi connectivity index (χ0) is 17.9. The molecule has 130 valence electrons. The van der Waals surface area contributed by atoms with Crippen molar-refractivity contribution in [2.45, 2.75) is 26.4 Å². The van der Waals surface area contributed by atoms with E-state index in [2.05, 4.69) is 10.4 Å². The van der Waals surface area contributed by atoms with Crippen LogP contribution in [0, 0.1) is 13.8 Å². The highest BCUT2D eigenvalue weighted by Crippen LogP contribution is 2.26. The van der Waals surface area contributed by atoms with Crippen molar-refractivity contribution in [3.8, 4) is 5.75 Å². The lowest BCUT2D eigenvalue weighted by Crippen LogP contribution is -2.21. The summed E-state index contributed by atoms with van der Waals surface area (Å²) in [5.74, 6) is -0.375. The van der Waals surface area contributed by atoms with Crippen LogP contribution in [0.5, 0.6) is 5.75 Å². The molecule has 0 saturated carbocycles. The van der Waals surface area contributed by atoms with Gasteiger partial charge in [0.15, 0.2) is 6.61 Å². The molecule has 1 N–H and O–H groups in total. The summed E-state index contributed by atoms with van der Waals surface area (Å²) in [7, 11) is 1.78. The summed E-state index contributed by atoms with van der Waals surface area (Å²) in [6, 6.07) is 6.02. The number of rotatable bonds is 5. The number of alkyl halides is 3. The first-order chi connectivity index (χ1) is 11.2. The first kappa shape index (κ1) is 17.8. The average molecular weight is 341 g/mol. The number of hydrogen-bond donors (Lipinski definition) is 1. The number of aromatic nitrogens is 2. The van der Waals surface area contributed by atoms with Crippen molar-refractivity contribution in [1.29, 1.82) is 0 Å². The van der Waals surface area contributed by atoms with E-state index in [1.165, 1.54) is 18.2 Å². The molecule has 8 heteroatoms. The van der Waals surface area contributed by atoms with Crippen LogP contribution in [-0.4, -0.2) is 28.5 Å². The van der Waals surface area contributed by atoms with Gasteiger partial charge in [0.25, 0.3) is 0 Å². The first-order valence-corrected chi connectivity index (χ1v) is 7.25. The van der Waals surface area contributed by atoms with Gasteiger partial charge in [-0.25, -0.2) is 0 Å². The van der Waals surface area contributed by atoms with Crippen LogP contribution in [0.25, 0.3) is 0 Å². The summed E-state index contributed by atoms with van der Waals surface area (Å²) < 4.78 is 43.3. The van der Waals surface area contributed by atoms with Crippen molar-refractivity contribution >= 4 is 11.6 Å². The molecule has 5 nitrogen and oxygen atoms in total. The zero-order valence-corrected chi connectivity index (χ0v) is 13.6. The van der Waals surface area contributed by atoms with Crippen molar-refractivity contribution in [1.82, 2.24) is 9.78 Å². The normalized spacial score (nSPS) is 11.4. The summed E-state index contributed by atoms with van der Waals surface area (Å²) in [5.41, 5.74) is 2.60. The SMILES string of the molecule is Cc1nn(C)c(C)c1CC(=O)Nc1ccccc1OCC(F)(F)F. The van der Waals surface area contributed by atoms with Crippen molar-refractivity contribution < 1.29 is 22.7 Å². The van der Waals surface area contributed by atoms with Gasteiger partial charge in [-0.05, 0) is 26.0 Å². The van der Waals surface area contributed by atoms with Crippen molar-refractivity contribution in [2.75, 3.05) is 11.9 Å². The molecule has 0 bridgehead atoms. The fourth-order valence-corrected chi connectivity index (χ4v) is 2.28. The maximum atomic E-state index is 12.3. The Bertz CT molecular complexity index is 739. The molecule has 0 aliphatic carbocycles. The third-order valence-electron chi connectivity index (χ3n) is 3.55. The number of ether oxygens (including phenoxy) is 1. The fraction of sp³-hybridized carbons (Fsp3) is 0.375. The lowest BCUT2D eigenvalue weighted by Gasteiger charge is -2.13. The quantitative estimate of drug-likeness (QED) is 0.909. The number of benzene rings is 1. The number of nitrogens with one attached hydrogen (secondary N) is 1. The summed E-state index contributed by atoms with van der Waals surface area (Å²) in [6.45, 7) is 2.24. The monoisotopic (exact) mass is 341 g/mol. The van der Waals surface area contributed by atoms with Crippen LogP contribution in [0.4, 0.5) is 18.9 Å². The summed E-state index contributed by atoms with van der Waals surface area (Å²) in [5, 5.41) is 6.82. The van der Waals surface area contributed by atoms with E-state index in [0.717, 1.165) is 17.0 Å². The van der Waals surface area contributed by atoms with E-state index in [4.69, 9.17) is 4.74 Å². The van der Waals surface area contributed by atoms with Crippen molar-refractivity contribution in [2.24, 2.45) is 7.05 Å². The zero-order valence-electron chi connectivity index (χ0n) is 13.6. The number of carbonyl (C=O) groups is 1. The molecule has 2 aromatic rings. The molecule has 0 aliphatic heterocycles. The topological polar surface area (TPSA) is 56.2 Å². The highest BCUT2D eigenvalue weighted by atomic mass is 19.4. The molecular weight excluding hydrogens is 323 g/mol. The molecule has 1 heterocycles. The van der Waals surface area contributed by atoms with Crippen LogP contribution in [-0.2, 0) is 18.3 Å². The lowest BCUT2D eigenvalue weighted by atomic mass is 10.1. The van der Waals surface area contributed by atoms with E-state index in [1.54, 1.807) is 24.7 Å². The van der Waals surface area contributed by atoms with Gasteiger partial charge in [-0.1, -0.05) is 12.1 Å². The standard InChI is InChI=1S/C16H18F3N3O2/c1-10-12(11(2)22(3)21-10)8-15(23)20-13-6-4-5-7-14(13)24-9-16(17,18)19/h4-7H,8-9H2,1-3H3,(H,20,23). The Balaban J connectivity index is 2.09. The number of nitrogens with zero attached hydrogens (tertiary/aromatic N) is 2. The van der Waals surface area contributed by atoms with Crippen molar-refractivity contribution in [3.05, 3.63) is 41.2 Å². The van der Waals surface area contributed by atoms with E-state index in [-0.39, 0.29) is 23.8 Å². The van der Waals surface area contributed by atoms with E-state index in [1.807, 2.05) is 6.92 Å². The molecule has 24 heavy (non-hydrogen) atoms. The van der Waals surface area contributed by atoms with E-state index >= 15 is 0 Å². The molecule has 0 unspecified atom stereocenters. The predicted molar refractivity (Wildman–Crippen MR) is 83.0 cm³/mol. The molecule has 0 atom stereocenters. The van der Waals surface area contributed by atoms with Gasteiger partial charge in [0.2, 0.25) is 5.91 Å². The number of anilines is 1. The highest BCUT2D eigenvalue weighted by Gasteiger charge is 2.29. The minimum Gasteiger partial charge on any atom is -0.482 e. The largest absolute Gasteiger partial charge is 0.482 e. The van der Waals surface area contributed by atoms with E-state index in [0.29, 0.717) is 0 Å². The molecule has 0 fully saturated rings. The van der Waals surface area contributed by atoms with Crippen LogP contribution in [0.2, 0.25) is 0 Å². The Kier molecular flexibility index (Phi) is 5.16. The number of para-hydroxylation sites is 2. The number of amides is 1. The third-order valence-corrected chi connectivity index (χ3v) is 3.55. The van der Waals surface area contributed by atoms with Crippen molar-refractivity contribution in [3.63, 3.8) is 0 Å². The van der Waals surface area contributed by atoms with Gasteiger partial charge < -0.3 is 10.1 Å². The Morgan fingerprint density at radius 1 is 1.29 bits per heavy atom. The molecule has 0 radical (unpaired) electrons. The van der Waals surface area contributed by atoms with Gasteiger partial charge in [0.1, 0.15) is 5.75 Å². The predicted octanol–water partition coefficient (Wildman–Crippen LogP) is 3.16. The Labute approximate surface area is 137 Å². The van der Waals surface area contributed by atoms with Gasteiger partial charge in [0, 0.05) is 18.3 Å². The molecule has 2 rings (SSSR count). The Morgan fingerprint density at radius 2 is 1.96 bits per heavy atom. The molecule has 0 spiro atoms. The third kappa shape index (κ3) is 4.50. The minimum atomic E-state index is -4.44. The van der Waals surface area contributed by atoms with Crippen LogP contribution < -0.4 is 10.1 Å². The Morgan fingerprint density at radius 3 is 2.54 bits per heavy atom. The van der Waals surface area contributed by atoms with Crippen LogP contribution in [0.15, 0.2) is 24.3 Å². The number of carbonyl (C=O) groups excluding carboxylic acids is 1. The fourth-order valence-electron chi connectivity index (χ4n) is 2.28. The molecule has 1 amide bonds. The van der Waals surface area contributed by atoms with Gasteiger partial charge in [-0.2, -0.15) is 18.3 Å². The number of aryl methyl sites for hydroxylation is 2. The van der Waals surface area contributed by atoms with Gasteiger partial charge >= 0.3 is 6.18 Å². The number of halogens is 3. The maximum absolute atomic E-state index is 12.3. The molecule has 0 aliphatic rings. The van der Waals surface area contributed by atoms with E-state index in [9.17, 15) is 18.0 Å². The molecule has 1 aromatic carbocycles. The maximum Gasteiger partial charge on any atom is 0.422 e. The highest BCUT2D eigenvalue weighted by molar-refractivity contribution is 5.93. The molecular formula is C16H18F3N3O2. The summed E-state index contributed by atoms with van der Waals surface area (Å²) in [6.07, 6.45) is -4.36. The van der Waals surface area contributed by atoms with Gasteiger partial charge in [-0.3, -0.25) is 9.48 Å². The second-order valence-corrected chi connectivity index (χ2v) is 5.40. The van der Waals surface area contributed by atoms with Crippen LogP contribution in [0.1, 0.15) is 17.0 Å². The second-order valence-electron chi connectivity index (χ2n) is 5.40. The smallest absolute Gasteiger partial charge is 0.422 e. The summed E-state index contributed by atoms with van der Waals surface area (Å²) >= 11 is 0. The molecule has 1 aromatic heterocycles. The second kappa shape index (κ2) is 6.94. The van der Waals surface area contributed by atoms with Crippen LogP contribution >= 0.6 is 0 Å². The Hall–Kier alpha value is -2.51. The molecule has 0 saturated heterocycles.